The van der Waals surface area contributed by atoms with Gasteiger partial charge in [-0.05, 0) is 37.5 Å². The van der Waals surface area contributed by atoms with E-state index >= 15 is 0 Å². The van der Waals surface area contributed by atoms with Crippen LogP contribution in [0, 0.1) is 0 Å². The summed E-state index contributed by atoms with van der Waals surface area (Å²) in [7, 11) is 0. The second-order valence-corrected chi connectivity index (χ2v) is 6.95. The molecule has 1 aliphatic carbocycles. The summed E-state index contributed by atoms with van der Waals surface area (Å²) in [6.07, 6.45) is 5.85. The summed E-state index contributed by atoms with van der Waals surface area (Å²) in [6, 6.07) is 6.87. The molecule has 3 rings (SSSR count). The van der Waals surface area contributed by atoms with Crippen molar-refractivity contribution in [3.05, 3.63) is 29.8 Å². The minimum atomic E-state index is -1.19. The van der Waals surface area contributed by atoms with Crippen molar-refractivity contribution in [1.82, 2.24) is 5.32 Å². The van der Waals surface area contributed by atoms with Crippen LogP contribution in [0.3, 0.4) is 0 Å². The summed E-state index contributed by atoms with van der Waals surface area (Å²) in [5.74, 6) is -1.30. The highest BCUT2D eigenvalue weighted by Crippen LogP contribution is 2.28. The van der Waals surface area contributed by atoms with Crippen molar-refractivity contribution < 1.29 is 19.5 Å². The van der Waals surface area contributed by atoms with Gasteiger partial charge in [-0.15, -0.1) is 0 Å². The van der Waals surface area contributed by atoms with Crippen LogP contribution in [0.25, 0.3) is 0 Å². The van der Waals surface area contributed by atoms with Crippen molar-refractivity contribution >= 4 is 23.5 Å². The molecule has 25 heavy (non-hydrogen) atoms. The third-order valence-corrected chi connectivity index (χ3v) is 5.21. The van der Waals surface area contributed by atoms with E-state index in [-0.39, 0.29) is 5.91 Å². The van der Waals surface area contributed by atoms with E-state index in [0.717, 1.165) is 32.1 Å². The van der Waals surface area contributed by atoms with Gasteiger partial charge in [-0.3, -0.25) is 9.59 Å². The van der Waals surface area contributed by atoms with Crippen molar-refractivity contribution in [2.24, 2.45) is 0 Å². The number of benzene rings is 1. The number of amides is 2. The van der Waals surface area contributed by atoms with Crippen LogP contribution in [0.2, 0.25) is 0 Å². The van der Waals surface area contributed by atoms with Crippen molar-refractivity contribution in [1.29, 1.82) is 0 Å². The van der Waals surface area contributed by atoms with Crippen molar-refractivity contribution in [2.75, 3.05) is 11.4 Å². The van der Waals surface area contributed by atoms with Crippen LogP contribution in [-0.4, -0.2) is 35.0 Å². The number of carbonyl (C=O) groups is 3. The van der Waals surface area contributed by atoms with Crippen molar-refractivity contribution in [3.8, 4) is 0 Å². The topological polar surface area (TPSA) is 86.7 Å². The molecule has 6 heteroatoms. The third kappa shape index (κ3) is 3.67. The SMILES string of the molecule is O=C(NC1(C(=O)O)CCCCCC1)c1cccc(N2CCCC2=O)c1. The first-order chi connectivity index (χ1) is 12.0. The predicted octanol–water partition coefficient (Wildman–Crippen LogP) is 2.72. The molecule has 0 unspecified atom stereocenters. The first-order valence-corrected chi connectivity index (χ1v) is 8.98. The zero-order valence-electron chi connectivity index (χ0n) is 14.3. The molecule has 1 saturated heterocycles. The molecule has 134 valence electrons. The summed E-state index contributed by atoms with van der Waals surface area (Å²) in [5, 5.41) is 12.5. The van der Waals surface area contributed by atoms with Gasteiger partial charge in [0.15, 0.2) is 0 Å². The van der Waals surface area contributed by atoms with Crippen LogP contribution in [-0.2, 0) is 9.59 Å². The summed E-state index contributed by atoms with van der Waals surface area (Å²) in [4.78, 5) is 38.1. The Morgan fingerprint density at radius 1 is 1.08 bits per heavy atom. The van der Waals surface area contributed by atoms with Crippen LogP contribution in [0.5, 0.6) is 0 Å². The molecule has 1 heterocycles. The van der Waals surface area contributed by atoms with E-state index < -0.39 is 17.4 Å². The van der Waals surface area contributed by atoms with E-state index in [1.807, 2.05) is 0 Å². The van der Waals surface area contributed by atoms with Gasteiger partial charge >= 0.3 is 5.97 Å². The van der Waals surface area contributed by atoms with Crippen LogP contribution >= 0.6 is 0 Å². The lowest BCUT2D eigenvalue weighted by Gasteiger charge is -2.29. The molecule has 2 N–H and O–H groups in total. The van der Waals surface area contributed by atoms with E-state index in [1.54, 1.807) is 29.2 Å². The summed E-state index contributed by atoms with van der Waals surface area (Å²) in [6.45, 7) is 0.656. The largest absolute Gasteiger partial charge is 0.480 e. The minimum Gasteiger partial charge on any atom is -0.480 e. The van der Waals surface area contributed by atoms with Gasteiger partial charge in [0.1, 0.15) is 5.54 Å². The highest BCUT2D eigenvalue weighted by Gasteiger charge is 2.40. The molecular formula is C19H24N2O4. The third-order valence-electron chi connectivity index (χ3n) is 5.21. The van der Waals surface area contributed by atoms with E-state index in [0.29, 0.717) is 37.1 Å². The van der Waals surface area contributed by atoms with E-state index in [4.69, 9.17) is 0 Å². The number of aliphatic carboxylic acids is 1. The number of anilines is 1. The van der Waals surface area contributed by atoms with Gasteiger partial charge in [-0.1, -0.05) is 31.7 Å². The maximum Gasteiger partial charge on any atom is 0.329 e. The molecule has 6 nitrogen and oxygen atoms in total. The number of carboxylic acids is 1. The van der Waals surface area contributed by atoms with E-state index in [2.05, 4.69) is 5.32 Å². The van der Waals surface area contributed by atoms with Crippen LogP contribution in [0.15, 0.2) is 24.3 Å². The maximum absolute atomic E-state index is 12.7. The predicted molar refractivity (Wildman–Crippen MR) is 93.6 cm³/mol. The molecule has 0 aromatic heterocycles. The summed E-state index contributed by atoms with van der Waals surface area (Å²) >= 11 is 0. The van der Waals surface area contributed by atoms with Gasteiger partial charge in [0.2, 0.25) is 5.91 Å². The molecule has 2 fully saturated rings. The molecule has 1 aromatic rings. The first-order valence-electron chi connectivity index (χ1n) is 8.98. The second-order valence-electron chi connectivity index (χ2n) is 6.95. The Morgan fingerprint density at radius 2 is 1.80 bits per heavy atom. The number of nitrogens with one attached hydrogen (secondary N) is 1. The molecule has 2 aliphatic rings. The second kappa shape index (κ2) is 7.25. The average molecular weight is 344 g/mol. The molecule has 0 radical (unpaired) electrons. The van der Waals surface area contributed by atoms with Gasteiger partial charge < -0.3 is 15.3 Å². The Kier molecular flexibility index (Phi) is 5.06. The molecule has 0 spiro atoms. The summed E-state index contributed by atoms with van der Waals surface area (Å²) < 4.78 is 0. The average Bonchev–Trinajstić information content (AvgIpc) is 2.88. The maximum atomic E-state index is 12.7. The standard InChI is InChI=1S/C19H24N2O4/c22-16-9-6-12-21(16)15-8-5-7-14(13-15)17(23)20-19(18(24)25)10-3-1-2-4-11-19/h5,7-8,13H,1-4,6,9-12H2,(H,20,23)(H,24,25). The fraction of sp³-hybridized carbons (Fsp3) is 0.526. The Labute approximate surface area is 147 Å². The normalized spacial score (nSPS) is 20.2. The zero-order chi connectivity index (χ0) is 17.9. The molecule has 2 amide bonds. The molecule has 1 aliphatic heterocycles. The Balaban J connectivity index is 1.80. The number of carboxylic acid groups (broad SMARTS) is 1. The van der Waals surface area contributed by atoms with E-state index in [1.165, 1.54) is 0 Å². The number of hydrogen-bond donors (Lipinski definition) is 2. The Hall–Kier alpha value is -2.37. The van der Waals surface area contributed by atoms with Crippen molar-refractivity contribution in [2.45, 2.75) is 56.9 Å². The lowest BCUT2D eigenvalue weighted by Crippen LogP contribution is -2.54. The van der Waals surface area contributed by atoms with Crippen LogP contribution in [0.4, 0.5) is 5.69 Å². The van der Waals surface area contributed by atoms with Gasteiger partial charge in [0.25, 0.3) is 5.91 Å². The van der Waals surface area contributed by atoms with Crippen LogP contribution in [0.1, 0.15) is 61.7 Å². The fourth-order valence-electron chi connectivity index (χ4n) is 3.75. The van der Waals surface area contributed by atoms with Gasteiger partial charge in [-0.25, -0.2) is 4.79 Å². The van der Waals surface area contributed by atoms with Crippen molar-refractivity contribution in [3.63, 3.8) is 0 Å². The molecule has 1 saturated carbocycles. The lowest BCUT2D eigenvalue weighted by atomic mass is 9.90. The highest BCUT2D eigenvalue weighted by atomic mass is 16.4. The first kappa shape index (κ1) is 17.5. The molecule has 0 atom stereocenters. The van der Waals surface area contributed by atoms with Gasteiger partial charge in [-0.2, -0.15) is 0 Å². The van der Waals surface area contributed by atoms with Gasteiger partial charge in [0.05, 0.1) is 0 Å². The number of nitrogens with zero attached hydrogens (tertiary/aromatic N) is 1. The van der Waals surface area contributed by atoms with Gasteiger partial charge in [0, 0.05) is 24.2 Å². The number of hydrogen-bond acceptors (Lipinski definition) is 3. The molecule has 0 bridgehead atoms. The Bertz CT molecular complexity index is 678. The minimum absolute atomic E-state index is 0.0586. The molecular weight excluding hydrogens is 320 g/mol. The number of rotatable bonds is 4. The lowest BCUT2D eigenvalue weighted by molar-refractivity contribution is -0.145. The fourth-order valence-corrected chi connectivity index (χ4v) is 3.75. The van der Waals surface area contributed by atoms with Crippen LogP contribution < -0.4 is 10.2 Å². The zero-order valence-corrected chi connectivity index (χ0v) is 14.3. The van der Waals surface area contributed by atoms with E-state index in [9.17, 15) is 19.5 Å². The number of carbonyl (C=O) groups excluding carboxylic acids is 2. The quantitative estimate of drug-likeness (QED) is 0.822. The molecule has 1 aromatic carbocycles. The Morgan fingerprint density at radius 3 is 2.40 bits per heavy atom. The summed E-state index contributed by atoms with van der Waals surface area (Å²) in [5.41, 5.74) is -0.102. The highest BCUT2D eigenvalue weighted by molar-refractivity contribution is 6.00. The monoisotopic (exact) mass is 344 g/mol. The smallest absolute Gasteiger partial charge is 0.329 e.